The molecule has 3 aliphatic rings. The van der Waals surface area contributed by atoms with E-state index in [1.165, 1.54) is 0 Å². The summed E-state index contributed by atoms with van der Waals surface area (Å²) in [6.07, 6.45) is 0.891. The molecule has 0 unspecified atom stereocenters. The number of likely N-dealkylation sites (tertiary alicyclic amines) is 1. The standard InChI is InChI=1S/C15H16N2O4/c18-14-5-10-6-17(7-11(10)16-14)15(19)4-9-1-2-12-13(3-9)21-8-20-12/h1-3,10-11H,4-8H2,(H,16,18)/t10-,11+/m0/s1. The highest BCUT2D eigenvalue weighted by molar-refractivity contribution is 5.82. The fourth-order valence-corrected chi connectivity index (χ4v) is 3.29. The van der Waals surface area contributed by atoms with Crippen LogP contribution in [0.1, 0.15) is 12.0 Å². The number of hydrogen-bond donors (Lipinski definition) is 1. The summed E-state index contributed by atoms with van der Waals surface area (Å²) >= 11 is 0. The molecule has 1 N–H and O–H groups in total. The SMILES string of the molecule is O=C1C[C@H]2CN(C(=O)Cc3ccc4c(c3)OCO4)C[C@H]2N1. The third-order valence-corrected chi connectivity index (χ3v) is 4.38. The van der Waals surface area contributed by atoms with Crippen LogP contribution in [0.25, 0.3) is 0 Å². The molecule has 3 heterocycles. The summed E-state index contributed by atoms with van der Waals surface area (Å²) in [5.74, 6) is 1.90. The Labute approximate surface area is 122 Å². The molecule has 1 aromatic carbocycles. The third kappa shape index (κ3) is 2.20. The zero-order chi connectivity index (χ0) is 14.4. The molecule has 1 aromatic rings. The largest absolute Gasteiger partial charge is 0.454 e. The van der Waals surface area contributed by atoms with Gasteiger partial charge in [0.05, 0.1) is 12.5 Å². The Morgan fingerprint density at radius 2 is 2.14 bits per heavy atom. The second-order valence-corrected chi connectivity index (χ2v) is 5.80. The van der Waals surface area contributed by atoms with Crippen molar-refractivity contribution in [2.75, 3.05) is 19.9 Å². The summed E-state index contributed by atoms with van der Waals surface area (Å²) in [6, 6.07) is 5.73. The molecule has 0 saturated carbocycles. The first kappa shape index (κ1) is 12.5. The van der Waals surface area contributed by atoms with Crippen LogP contribution in [0.2, 0.25) is 0 Å². The highest BCUT2D eigenvalue weighted by Gasteiger charge is 2.41. The Hall–Kier alpha value is -2.24. The second kappa shape index (κ2) is 4.65. The van der Waals surface area contributed by atoms with Crippen LogP contribution in [-0.4, -0.2) is 42.6 Å². The number of carbonyl (C=O) groups is 2. The van der Waals surface area contributed by atoms with Crippen molar-refractivity contribution >= 4 is 11.8 Å². The topological polar surface area (TPSA) is 67.9 Å². The van der Waals surface area contributed by atoms with Gasteiger partial charge in [-0.3, -0.25) is 9.59 Å². The molecule has 2 amide bonds. The van der Waals surface area contributed by atoms with E-state index in [1.54, 1.807) is 0 Å². The fourth-order valence-electron chi connectivity index (χ4n) is 3.29. The van der Waals surface area contributed by atoms with E-state index in [2.05, 4.69) is 5.32 Å². The van der Waals surface area contributed by atoms with E-state index in [9.17, 15) is 9.59 Å². The Bertz CT molecular complexity index is 600. The first-order chi connectivity index (χ1) is 10.2. The van der Waals surface area contributed by atoms with Crippen LogP contribution in [0.3, 0.4) is 0 Å². The number of nitrogens with zero attached hydrogens (tertiary/aromatic N) is 1. The summed E-state index contributed by atoms with van der Waals surface area (Å²) < 4.78 is 10.6. The molecule has 0 radical (unpaired) electrons. The first-order valence-corrected chi connectivity index (χ1v) is 7.15. The molecular weight excluding hydrogens is 272 g/mol. The van der Waals surface area contributed by atoms with E-state index in [0.29, 0.717) is 31.7 Å². The number of ether oxygens (including phenoxy) is 2. The molecule has 21 heavy (non-hydrogen) atoms. The van der Waals surface area contributed by atoms with Crippen LogP contribution >= 0.6 is 0 Å². The Morgan fingerprint density at radius 1 is 1.29 bits per heavy atom. The van der Waals surface area contributed by atoms with Crippen molar-refractivity contribution in [3.8, 4) is 11.5 Å². The van der Waals surface area contributed by atoms with E-state index in [0.717, 1.165) is 11.3 Å². The number of amides is 2. The van der Waals surface area contributed by atoms with Gasteiger partial charge < -0.3 is 19.7 Å². The highest BCUT2D eigenvalue weighted by atomic mass is 16.7. The van der Waals surface area contributed by atoms with E-state index in [-0.39, 0.29) is 30.6 Å². The van der Waals surface area contributed by atoms with E-state index in [4.69, 9.17) is 9.47 Å². The van der Waals surface area contributed by atoms with Crippen LogP contribution in [0.15, 0.2) is 18.2 Å². The van der Waals surface area contributed by atoms with E-state index >= 15 is 0 Å². The van der Waals surface area contributed by atoms with Crippen molar-refractivity contribution in [1.29, 1.82) is 0 Å². The van der Waals surface area contributed by atoms with Crippen LogP contribution < -0.4 is 14.8 Å². The van der Waals surface area contributed by atoms with Gasteiger partial charge in [0.15, 0.2) is 11.5 Å². The van der Waals surface area contributed by atoms with Crippen molar-refractivity contribution in [1.82, 2.24) is 10.2 Å². The minimum absolute atomic E-state index is 0.0949. The lowest BCUT2D eigenvalue weighted by Crippen LogP contribution is -2.36. The van der Waals surface area contributed by atoms with Gasteiger partial charge in [-0.05, 0) is 17.7 Å². The van der Waals surface area contributed by atoms with Gasteiger partial charge in [0, 0.05) is 25.4 Å². The van der Waals surface area contributed by atoms with Crippen LogP contribution in [-0.2, 0) is 16.0 Å². The van der Waals surface area contributed by atoms with Gasteiger partial charge in [-0.2, -0.15) is 0 Å². The average molecular weight is 288 g/mol. The molecule has 2 saturated heterocycles. The summed E-state index contributed by atoms with van der Waals surface area (Å²) in [6.45, 7) is 1.54. The molecule has 6 heteroatoms. The molecule has 2 atom stereocenters. The number of fused-ring (bicyclic) bond motifs is 2. The molecule has 2 fully saturated rings. The van der Waals surface area contributed by atoms with E-state index < -0.39 is 0 Å². The lowest BCUT2D eigenvalue weighted by atomic mass is 10.1. The van der Waals surface area contributed by atoms with Gasteiger partial charge in [0.1, 0.15) is 0 Å². The molecule has 3 aliphatic heterocycles. The predicted molar refractivity (Wildman–Crippen MR) is 72.9 cm³/mol. The van der Waals surface area contributed by atoms with Gasteiger partial charge in [-0.15, -0.1) is 0 Å². The molecule has 0 bridgehead atoms. The van der Waals surface area contributed by atoms with Crippen molar-refractivity contribution in [2.45, 2.75) is 18.9 Å². The Balaban J connectivity index is 1.41. The molecular formula is C15H16N2O4. The Kier molecular flexibility index (Phi) is 2.77. The smallest absolute Gasteiger partial charge is 0.231 e. The minimum atomic E-state index is 0.0949. The lowest BCUT2D eigenvalue weighted by Gasteiger charge is -2.17. The quantitative estimate of drug-likeness (QED) is 0.850. The molecule has 0 aliphatic carbocycles. The minimum Gasteiger partial charge on any atom is -0.454 e. The van der Waals surface area contributed by atoms with Crippen molar-refractivity contribution in [3.05, 3.63) is 23.8 Å². The highest BCUT2D eigenvalue weighted by Crippen LogP contribution is 2.33. The van der Waals surface area contributed by atoms with Crippen molar-refractivity contribution in [2.24, 2.45) is 5.92 Å². The average Bonchev–Trinajstić information content (AvgIpc) is 3.11. The van der Waals surface area contributed by atoms with E-state index in [1.807, 2.05) is 23.1 Å². The van der Waals surface area contributed by atoms with Crippen LogP contribution in [0, 0.1) is 5.92 Å². The monoisotopic (exact) mass is 288 g/mol. The number of carbonyl (C=O) groups excluding carboxylic acids is 2. The maximum atomic E-state index is 12.4. The Morgan fingerprint density at radius 3 is 3.00 bits per heavy atom. The van der Waals surface area contributed by atoms with Crippen LogP contribution in [0.5, 0.6) is 11.5 Å². The van der Waals surface area contributed by atoms with Crippen LogP contribution in [0.4, 0.5) is 0 Å². The van der Waals surface area contributed by atoms with Gasteiger partial charge in [0.2, 0.25) is 18.6 Å². The van der Waals surface area contributed by atoms with Crippen molar-refractivity contribution < 1.29 is 19.1 Å². The molecule has 0 aromatic heterocycles. The zero-order valence-electron chi connectivity index (χ0n) is 11.5. The number of hydrogen-bond acceptors (Lipinski definition) is 4. The molecule has 4 rings (SSSR count). The molecule has 0 spiro atoms. The maximum Gasteiger partial charge on any atom is 0.231 e. The summed E-state index contributed by atoms with van der Waals surface area (Å²) in [4.78, 5) is 25.5. The summed E-state index contributed by atoms with van der Waals surface area (Å²) in [5, 5.41) is 2.93. The lowest BCUT2D eigenvalue weighted by molar-refractivity contribution is -0.130. The zero-order valence-corrected chi connectivity index (χ0v) is 11.5. The van der Waals surface area contributed by atoms with Crippen molar-refractivity contribution in [3.63, 3.8) is 0 Å². The number of rotatable bonds is 2. The fraction of sp³-hybridized carbons (Fsp3) is 0.467. The molecule has 6 nitrogen and oxygen atoms in total. The maximum absolute atomic E-state index is 12.4. The third-order valence-electron chi connectivity index (χ3n) is 4.38. The predicted octanol–water partition coefficient (Wildman–Crippen LogP) is 0.305. The summed E-state index contributed by atoms with van der Waals surface area (Å²) in [5.41, 5.74) is 0.922. The van der Waals surface area contributed by atoms with Gasteiger partial charge in [0.25, 0.3) is 0 Å². The summed E-state index contributed by atoms with van der Waals surface area (Å²) in [7, 11) is 0. The second-order valence-electron chi connectivity index (χ2n) is 5.80. The van der Waals surface area contributed by atoms with Gasteiger partial charge in [-0.1, -0.05) is 6.07 Å². The van der Waals surface area contributed by atoms with Gasteiger partial charge >= 0.3 is 0 Å². The number of benzene rings is 1. The first-order valence-electron chi connectivity index (χ1n) is 7.15. The van der Waals surface area contributed by atoms with Gasteiger partial charge in [-0.25, -0.2) is 0 Å². The number of nitrogens with one attached hydrogen (secondary N) is 1. The normalized spacial score (nSPS) is 25.9. The molecule has 110 valence electrons.